The van der Waals surface area contributed by atoms with Gasteiger partial charge in [-0.2, -0.15) is 0 Å². The van der Waals surface area contributed by atoms with Gasteiger partial charge in [0.1, 0.15) is 5.82 Å². The van der Waals surface area contributed by atoms with Crippen molar-refractivity contribution in [2.45, 2.75) is 19.9 Å². The van der Waals surface area contributed by atoms with Crippen molar-refractivity contribution in [2.75, 3.05) is 0 Å². The molecule has 0 spiro atoms. The summed E-state index contributed by atoms with van der Waals surface area (Å²) in [4.78, 5) is 16.4. The average molecular weight is 334 g/mol. The molecule has 23 heavy (non-hydrogen) atoms. The lowest BCUT2D eigenvalue weighted by atomic mass is 10.1. The highest BCUT2D eigenvalue weighted by atomic mass is 35.5. The third-order valence-corrected chi connectivity index (χ3v) is 3.85. The Balaban J connectivity index is 1.81. The van der Waals surface area contributed by atoms with E-state index in [1.807, 2.05) is 0 Å². The first-order chi connectivity index (χ1) is 11.0. The van der Waals surface area contributed by atoms with E-state index in [1.54, 1.807) is 26.0 Å². The molecule has 0 saturated heterocycles. The van der Waals surface area contributed by atoms with E-state index in [0.717, 1.165) is 0 Å². The zero-order valence-electron chi connectivity index (χ0n) is 12.4. The molecular weight excluding hydrogens is 321 g/mol. The molecule has 118 valence electrons. The van der Waals surface area contributed by atoms with E-state index < -0.39 is 5.82 Å². The highest BCUT2D eigenvalue weighted by Crippen LogP contribution is 2.21. The second-order valence-electron chi connectivity index (χ2n) is 5.21. The van der Waals surface area contributed by atoms with E-state index in [4.69, 9.17) is 16.1 Å². The van der Waals surface area contributed by atoms with Crippen LogP contribution < -0.4 is 5.32 Å². The first-order valence-electron chi connectivity index (χ1n) is 6.93. The van der Waals surface area contributed by atoms with Crippen LogP contribution >= 0.6 is 11.6 Å². The number of carbonyl (C=O) groups is 1. The van der Waals surface area contributed by atoms with Crippen molar-refractivity contribution < 1.29 is 13.7 Å². The normalized spacial score (nSPS) is 12.3. The third kappa shape index (κ3) is 3.03. The number of amides is 1. The SMILES string of the molecule is Cc1noc2ncc(C(=O)NC(C)c3ccc(F)c(Cl)c3)cc12. The zero-order valence-corrected chi connectivity index (χ0v) is 13.2. The van der Waals surface area contributed by atoms with Crippen molar-refractivity contribution in [1.82, 2.24) is 15.5 Å². The number of aromatic nitrogens is 2. The average Bonchev–Trinajstić information content (AvgIpc) is 2.90. The van der Waals surface area contributed by atoms with Gasteiger partial charge < -0.3 is 9.84 Å². The van der Waals surface area contributed by atoms with Gasteiger partial charge in [-0.1, -0.05) is 22.8 Å². The minimum absolute atomic E-state index is 0.0202. The van der Waals surface area contributed by atoms with Gasteiger partial charge in [0.2, 0.25) is 0 Å². The Morgan fingerprint density at radius 1 is 1.39 bits per heavy atom. The smallest absolute Gasteiger partial charge is 0.257 e. The van der Waals surface area contributed by atoms with Crippen molar-refractivity contribution in [3.63, 3.8) is 0 Å². The lowest BCUT2D eigenvalue weighted by molar-refractivity contribution is 0.0939. The summed E-state index contributed by atoms with van der Waals surface area (Å²) in [7, 11) is 0. The van der Waals surface area contributed by atoms with Gasteiger partial charge in [-0.3, -0.25) is 4.79 Å². The molecule has 1 aromatic carbocycles. The van der Waals surface area contributed by atoms with Gasteiger partial charge in [0.25, 0.3) is 11.6 Å². The lowest BCUT2D eigenvalue weighted by Crippen LogP contribution is -2.26. The number of carbonyl (C=O) groups excluding carboxylic acids is 1. The summed E-state index contributed by atoms with van der Waals surface area (Å²) in [6, 6.07) is 5.69. The van der Waals surface area contributed by atoms with E-state index in [9.17, 15) is 9.18 Å². The minimum atomic E-state index is -0.494. The first kappa shape index (κ1) is 15.4. The summed E-state index contributed by atoms with van der Waals surface area (Å²) in [5.41, 5.74) is 2.15. The molecule has 2 aromatic heterocycles. The molecule has 3 rings (SSSR count). The summed E-state index contributed by atoms with van der Waals surface area (Å²) in [6.07, 6.45) is 1.42. The maximum atomic E-state index is 13.2. The molecule has 0 aliphatic carbocycles. The molecular formula is C16H13ClFN3O2. The number of hydrogen-bond acceptors (Lipinski definition) is 4. The quantitative estimate of drug-likeness (QED) is 0.791. The zero-order chi connectivity index (χ0) is 16.6. The number of halogens is 2. The van der Waals surface area contributed by atoms with Crippen molar-refractivity contribution in [3.8, 4) is 0 Å². The molecule has 0 radical (unpaired) electrons. The predicted octanol–water partition coefficient (Wildman–Crippen LogP) is 3.81. The molecule has 2 heterocycles. The van der Waals surface area contributed by atoms with Gasteiger partial charge in [-0.05, 0) is 37.6 Å². The lowest BCUT2D eigenvalue weighted by Gasteiger charge is -2.14. The minimum Gasteiger partial charge on any atom is -0.345 e. The molecule has 1 amide bonds. The third-order valence-electron chi connectivity index (χ3n) is 3.56. The Bertz CT molecular complexity index is 894. The van der Waals surface area contributed by atoms with Gasteiger partial charge in [-0.25, -0.2) is 9.37 Å². The molecule has 5 nitrogen and oxygen atoms in total. The van der Waals surface area contributed by atoms with E-state index >= 15 is 0 Å². The van der Waals surface area contributed by atoms with Crippen LogP contribution in [0, 0.1) is 12.7 Å². The summed E-state index contributed by atoms with van der Waals surface area (Å²) in [6.45, 7) is 3.57. The van der Waals surface area contributed by atoms with E-state index in [-0.39, 0.29) is 17.0 Å². The number of rotatable bonds is 3. The van der Waals surface area contributed by atoms with Crippen LogP contribution in [0.4, 0.5) is 4.39 Å². The Kier molecular flexibility index (Phi) is 4.00. The molecule has 1 unspecified atom stereocenters. The Labute approximate surface area is 136 Å². The molecule has 0 saturated carbocycles. The van der Waals surface area contributed by atoms with Crippen LogP contribution in [0.25, 0.3) is 11.1 Å². The molecule has 1 N–H and O–H groups in total. The Hall–Kier alpha value is -2.47. The van der Waals surface area contributed by atoms with Gasteiger partial charge in [0.05, 0.1) is 27.7 Å². The van der Waals surface area contributed by atoms with Crippen LogP contribution in [0.2, 0.25) is 5.02 Å². The summed E-state index contributed by atoms with van der Waals surface area (Å²) in [5, 5.41) is 7.34. The largest absolute Gasteiger partial charge is 0.345 e. The number of hydrogen-bond donors (Lipinski definition) is 1. The van der Waals surface area contributed by atoms with Gasteiger partial charge in [0.15, 0.2) is 0 Å². The van der Waals surface area contributed by atoms with Crippen LogP contribution in [0.5, 0.6) is 0 Å². The van der Waals surface area contributed by atoms with E-state index in [2.05, 4.69) is 15.5 Å². The van der Waals surface area contributed by atoms with Gasteiger partial charge in [0, 0.05) is 6.20 Å². The van der Waals surface area contributed by atoms with Crippen LogP contribution in [-0.4, -0.2) is 16.0 Å². The maximum absolute atomic E-state index is 13.2. The predicted molar refractivity (Wildman–Crippen MR) is 83.8 cm³/mol. The first-order valence-corrected chi connectivity index (χ1v) is 7.31. The fourth-order valence-electron chi connectivity index (χ4n) is 2.21. The number of nitrogens with zero attached hydrogens (tertiary/aromatic N) is 2. The molecule has 0 aliphatic heterocycles. The van der Waals surface area contributed by atoms with Crippen LogP contribution in [0.3, 0.4) is 0 Å². The molecule has 7 heteroatoms. The van der Waals surface area contributed by atoms with Crippen LogP contribution in [-0.2, 0) is 0 Å². The fraction of sp³-hybridized carbons (Fsp3) is 0.188. The molecule has 0 fully saturated rings. The number of pyridine rings is 1. The molecule has 0 bridgehead atoms. The summed E-state index contributed by atoms with van der Waals surface area (Å²) < 4.78 is 18.2. The van der Waals surface area contributed by atoms with Crippen molar-refractivity contribution in [2.24, 2.45) is 0 Å². The molecule has 3 aromatic rings. The maximum Gasteiger partial charge on any atom is 0.257 e. The van der Waals surface area contributed by atoms with Crippen molar-refractivity contribution in [3.05, 3.63) is 58.1 Å². The monoisotopic (exact) mass is 333 g/mol. The Morgan fingerprint density at radius 2 is 2.17 bits per heavy atom. The summed E-state index contributed by atoms with van der Waals surface area (Å²) >= 11 is 5.77. The van der Waals surface area contributed by atoms with Crippen molar-refractivity contribution >= 4 is 28.6 Å². The van der Waals surface area contributed by atoms with E-state index in [1.165, 1.54) is 18.3 Å². The number of nitrogens with one attached hydrogen (secondary N) is 1. The van der Waals surface area contributed by atoms with Crippen LogP contribution in [0.1, 0.15) is 34.6 Å². The highest BCUT2D eigenvalue weighted by Gasteiger charge is 2.15. The number of aryl methyl sites for hydroxylation is 1. The molecule has 0 aliphatic rings. The van der Waals surface area contributed by atoms with Crippen molar-refractivity contribution in [1.29, 1.82) is 0 Å². The topological polar surface area (TPSA) is 68.0 Å². The second kappa shape index (κ2) is 5.96. The number of benzene rings is 1. The van der Waals surface area contributed by atoms with E-state index in [0.29, 0.717) is 27.9 Å². The fourth-order valence-corrected chi connectivity index (χ4v) is 2.40. The van der Waals surface area contributed by atoms with Crippen LogP contribution in [0.15, 0.2) is 35.0 Å². The standard InChI is InChI=1S/C16H13ClFN3O2/c1-8(10-3-4-14(18)13(17)6-10)20-15(22)11-5-12-9(2)21-23-16(12)19-7-11/h3-8H,1-2H3,(H,20,22). The molecule has 1 atom stereocenters. The van der Waals surface area contributed by atoms with Gasteiger partial charge >= 0.3 is 0 Å². The second-order valence-corrected chi connectivity index (χ2v) is 5.62. The highest BCUT2D eigenvalue weighted by molar-refractivity contribution is 6.30. The summed E-state index contributed by atoms with van der Waals surface area (Å²) in [5.74, 6) is -0.792. The number of fused-ring (bicyclic) bond motifs is 1. The van der Waals surface area contributed by atoms with Gasteiger partial charge in [-0.15, -0.1) is 0 Å². The Morgan fingerprint density at radius 3 is 2.91 bits per heavy atom.